The van der Waals surface area contributed by atoms with Gasteiger partial charge in [-0.1, -0.05) is 0 Å². The zero-order valence-corrected chi connectivity index (χ0v) is 11.7. The number of nitrogens with zero attached hydrogens (tertiary/aromatic N) is 2. The van der Waals surface area contributed by atoms with Crippen molar-refractivity contribution < 1.29 is 27.5 Å². The molecule has 1 aromatic rings. The molecule has 7 nitrogen and oxygen atoms in total. The van der Waals surface area contributed by atoms with Crippen LogP contribution >= 0.6 is 0 Å². The van der Waals surface area contributed by atoms with E-state index in [-0.39, 0.29) is 23.5 Å². The molecule has 1 fully saturated rings. The predicted molar refractivity (Wildman–Crippen MR) is 69.9 cm³/mol. The Hall–Kier alpha value is -2.03. The third-order valence-electron chi connectivity index (χ3n) is 3.19. The van der Waals surface area contributed by atoms with Crippen molar-refractivity contribution in [1.82, 2.24) is 9.88 Å². The van der Waals surface area contributed by atoms with Crippen molar-refractivity contribution in [2.45, 2.75) is 12.5 Å². The standard InChI is InChI=1S/C12H13FN2O5S/c13-10-2-1-8(5-14-10)12(18)15(6-11(16)17)9-3-4-21(19,20)7-9/h1-2,5,9H,3-4,6-7H2,(H,16,17). The number of sulfone groups is 1. The quantitative estimate of drug-likeness (QED) is 0.780. The summed E-state index contributed by atoms with van der Waals surface area (Å²) < 4.78 is 35.7. The van der Waals surface area contributed by atoms with E-state index in [1.807, 2.05) is 0 Å². The van der Waals surface area contributed by atoms with Gasteiger partial charge in [-0.3, -0.25) is 9.59 Å². The van der Waals surface area contributed by atoms with Crippen LogP contribution in [0.3, 0.4) is 0 Å². The van der Waals surface area contributed by atoms with Crippen molar-refractivity contribution in [2.75, 3.05) is 18.1 Å². The summed E-state index contributed by atoms with van der Waals surface area (Å²) in [5.41, 5.74) is 0.0157. The lowest BCUT2D eigenvalue weighted by atomic mass is 10.1. The molecule has 1 amide bonds. The number of amides is 1. The number of rotatable bonds is 4. The Labute approximate surface area is 120 Å². The molecule has 0 aliphatic carbocycles. The lowest BCUT2D eigenvalue weighted by Crippen LogP contribution is -2.44. The summed E-state index contributed by atoms with van der Waals surface area (Å²) in [5, 5.41) is 8.90. The molecule has 0 bridgehead atoms. The second-order valence-electron chi connectivity index (χ2n) is 4.75. The van der Waals surface area contributed by atoms with Gasteiger partial charge in [-0.05, 0) is 18.6 Å². The predicted octanol–water partition coefficient (Wildman–Crippen LogP) is -0.0654. The van der Waals surface area contributed by atoms with Gasteiger partial charge in [-0.15, -0.1) is 0 Å². The van der Waals surface area contributed by atoms with Crippen LogP contribution in [-0.2, 0) is 14.6 Å². The van der Waals surface area contributed by atoms with E-state index >= 15 is 0 Å². The maximum atomic E-state index is 12.8. The van der Waals surface area contributed by atoms with Crippen molar-refractivity contribution >= 4 is 21.7 Å². The highest BCUT2D eigenvalue weighted by molar-refractivity contribution is 7.91. The maximum Gasteiger partial charge on any atom is 0.323 e. The molecule has 0 radical (unpaired) electrons. The number of carboxylic acid groups (broad SMARTS) is 1. The molecular formula is C12H13FN2O5S. The molecule has 1 aromatic heterocycles. The summed E-state index contributed by atoms with van der Waals surface area (Å²) in [7, 11) is -3.26. The molecular weight excluding hydrogens is 303 g/mol. The van der Waals surface area contributed by atoms with E-state index < -0.39 is 40.2 Å². The highest BCUT2D eigenvalue weighted by Crippen LogP contribution is 2.19. The third-order valence-corrected chi connectivity index (χ3v) is 4.94. The highest BCUT2D eigenvalue weighted by Gasteiger charge is 2.36. The Bertz CT molecular complexity index is 659. The minimum absolute atomic E-state index is 0.0157. The van der Waals surface area contributed by atoms with E-state index in [1.165, 1.54) is 6.07 Å². The SMILES string of the molecule is O=C(O)CN(C(=O)c1ccc(F)nc1)C1CCS(=O)(=O)C1. The first-order valence-corrected chi connectivity index (χ1v) is 7.95. The fourth-order valence-corrected chi connectivity index (χ4v) is 3.93. The topological polar surface area (TPSA) is 105 Å². The second-order valence-corrected chi connectivity index (χ2v) is 6.98. The molecule has 2 rings (SSSR count). The Balaban J connectivity index is 2.25. The second kappa shape index (κ2) is 5.76. The largest absolute Gasteiger partial charge is 0.480 e. The van der Waals surface area contributed by atoms with Crippen LogP contribution in [0.25, 0.3) is 0 Å². The normalized spacial score (nSPS) is 20.1. The van der Waals surface area contributed by atoms with Crippen LogP contribution in [0.5, 0.6) is 0 Å². The molecule has 1 saturated heterocycles. The van der Waals surface area contributed by atoms with Gasteiger partial charge in [0.1, 0.15) is 6.54 Å². The molecule has 1 aliphatic rings. The number of carbonyl (C=O) groups is 2. The van der Waals surface area contributed by atoms with E-state index in [2.05, 4.69) is 4.98 Å². The smallest absolute Gasteiger partial charge is 0.323 e. The maximum absolute atomic E-state index is 12.8. The van der Waals surface area contributed by atoms with Gasteiger partial charge in [-0.25, -0.2) is 13.4 Å². The van der Waals surface area contributed by atoms with Gasteiger partial charge >= 0.3 is 5.97 Å². The number of halogens is 1. The molecule has 2 heterocycles. The summed E-state index contributed by atoms with van der Waals surface area (Å²) in [6.45, 7) is -0.615. The fourth-order valence-electron chi connectivity index (χ4n) is 2.20. The Morgan fingerprint density at radius 2 is 2.14 bits per heavy atom. The van der Waals surface area contributed by atoms with Crippen molar-refractivity contribution in [2.24, 2.45) is 0 Å². The Morgan fingerprint density at radius 1 is 1.43 bits per heavy atom. The monoisotopic (exact) mass is 316 g/mol. The molecule has 1 atom stereocenters. The first-order chi connectivity index (χ1) is 9.78. The Morgan fingerprint density at radius 3 is 2.62 bits per heavy atom. The number of hydrogen-bond donors (Lipinski definition) is 1. The molecule has 1 unspecified atom stereocenters. The van der Waals surface area contributed by atoms with E-state index in [0.717, 1.165) is 17.2 Å². The van der Waals surface area contributed by atoms with Crippen LogP contribution < -0.4 is 0 Å². The number of aromatic nitrogens is 1. The Kier molecular flexibility index (Phi) is 4.21. The van der Waals surface area contributed by atoms with Gasteiger partial charge in [0.05, 0.1) is 17.1 Å². The van der Waals surface area contributed by atoms with Crippen molar-refractivity contribution in [1.29, 1.82) is 0 Å². The molecule has 1 aliphatic heterocycles. The summed E-state index contributed by atoms with van der Waals surface area (Å²) in [6, 6.07) is 1.48. The van der Waals surface area contributed by atoms with Crippen LogP contribution in [0.1, 0.15) is 16.8 Å². The molecule has 0 spiro atoms. The molecule has 114 valence electrons. The number of carboxylic acids is 1. The molecule has 0 saturated carbocycles. The van der Waals surface area contributed by atoms with Crippen molar-refractivity contribution in [3.63, 3.8) is 0 Å². The van der Waals surface area contributed by atoms with Crippen molar-refractivity contribution in [3.05, 3.63) is 29.8 Å². The highest BCUT2D eigenvalue weighted by atomic mass is 32.2. The first kappa shape index (κ1) is 15.4. The van der Waals surface area contributed by atoms with E-state index in [4.69, 9.17) is 5.11 Å². The zero-order valence-electron chi connectivity index (χ0n) is 10.9. The van der Waals surface area contributed by atoms with Gasteiger partial charge in [-0.2, -0.15) is 4.39 Å². The van der Waals surface area contributed by atoms with E-state index in [1.54, 1.807) is 0 Å². The zero-order chi connectivity index (χ0) is 15.6. The summed E-state index contributed by atoms with van der Waals surface area (Å²) in [6.07, 6.45) is 1.19. The lowest BCUT2D eigenvalue weighted by Gasteiger charge is -2.26. The van der Waals surface area contributed by atoms with Gasteiger partial charge in [0.2, 0.25) is 5.95 Å². The summed E-state index contributed by atoms with van der Waals surface area (Å²) >= 11 is 0. The van der Waals surface area contributed by atoms with Crippen LogP contribution in [0.15, 0.2) is 18.3 Å². The first-order valence-electron chi connectivity index (χ1n) is 6.13. The molecule has 1 N–H and O–H groups in total. The minimum atomic E-state index is -3.26. The third kappa shape index (κ3) is 3.75. The fraction of sp³-hybridized carbons (Fsp3) is 0.417. The van der Waals surface area contributed by atoms with E-state index in [9.17, 15) is 22.4 Å². The summed E-state index contributed by atoms with van der Waals surface area (Å²) in [4.78, 5) is 27.5. The average Bonchev–Trinajstić information content (AvgIpc) is 2.76. The lowest BCUT2D eigenvalue weighted by molar-refractivity contribution is -0.138. The molecule has 21 heavy (non-hydrogen) atoms. The van der Waals surface area contributed by atoms with Gasteiger partial charge in [0.15, 0.2) is 9.84 Å². The number of pyridine rings is 1. The van der Waals surface area contributed by atoms with Crippen LogP contribution in [0, 0.1) is 5.95 Å². The van der Waals surface area contributed by atoms with Gasteiger partial charge in [0, 0.05) is 12.2 Å². The van der Waals surface area contributed by atoms with E-state index in [0.29, 0.717) is 0 Å². The van der Waals surface area contributed by atoms with Crippen LogP contribution in [0.2, 0.25) is 0 Å². The number of hydrogen-bond acceptors (Lipinski definition) is 5. The average molecular weight is 316 g/mol. The number of carbonyl (C=O) groups excluding carboxylic acids is 1. The molecule has 0 aromatic carbocycles. The van der Waals surface area contributed by atoms with Crippen molar-refractivity contribution in [3.8, 4) is 0 Å². The number of aliphatic carboxylic acids is 1. The molecule has 9 heteroatoms. The van der Waals surface area contributed by atoms with Gasteiger partial charge in [0.25, 0.3) is 5.91 Å². The minimum Gasteiger partial charge on any atom is -0.480 e. The summed E-state index contributed by atoms with van der Waals surface area (Å²) in [5.74, 6) is -3.03. The van der Waals surface area contributed by atoms with Gasteiger partial charge < -0.3 is 10.0 Å². The van der Waals surface area contributed by atoms with Crippen LogP contribution in [-0.4, -0.2) is 59.4 Å². The van der Waals surface area contributed by atoms with Crippen LogP contribution in [0.4, 0.5) is 4.39 Å².